The highest BCUT2D eigenvalue weighted by Crippen LogP contribution is 2.36. The second-order valence-corrected chi connectivity index (χ2v) is 6.69. The number of amides is 1. The van der Waals surface area contributed by atoms with E-state index in [2.05, 4.69) is 26.0 Å². The summed E-state index contributed by atoms with van der Waals surface area (Å²) in [7, 11) is 0. The predicted molar refractivity (Wildman–Crippen MR) is 84.8 cm³/mol. The summed E-state index contributed by atoms with van der Waals surface area (Å²) in [5, 5.41) is 17.9. The summed E-state index contributed by atoms with van der Waals surface area (Å²) in [6.07, 6.45) is 2.78. The Morgan fingerprint density at radius 1 is 1.44 bits per heavy atom. The zero-order valence-electron chi connectivity index (χ0n) is 14.0. The van der Waals surface area contributed by atoms with Crippen LogP contribution in [0.5, 0.6) is 0 Å². The molecule has 1 amide bonds. The van der Waals surface area contributed by atoms with Crippen molar-refractivity contribution in [2.45, 2.75) is 37.8 Å². The van der Waals surface area contributed by atoms with Crippen LogP contribution in [0.3, 0.4) is 0 Å². The largest absolute Gasteiger partial charge is 0.422 e. The summed E-state index contributed by atoms with van der Waals surface area (Å²) < 4.78 is 16.4. The minimum absolute atomic E-state index is 0.0812. The zero-order chi connectivity index (χ0) is 17.2. The lowest BCUT2D eigenvalue weighted by molar-refractivity contribution is 0.0113. The minimum Gasteiger partial charge on any atom is -0.422 e. The molecule has 3 heterocycles. The molecule has 2 N–H and O–H groups in total. The lowest BCUT2D eigenvalue weighted by Crippen LogP contribution is -2.44. The average Bonchev–Trinajstić information content (AvgIpc) is 3.19. The van der Waals surface area contributed by atoms with E-state index in [-0.39, 0.29) is 29.7 Å². The number of nitrogens with one attached hydrogen (secondary N) is 2. The monoisotopic (exact) mass is 347 g/mol. The second-order valence-electron chi connectivity index (χ2n) is 6.69. The molecular weight excluding hydrogens is 326 g/mol. The van der Waals surface area contributed by atoms with Crippen LogP contribution in [0.15, 0.2) is 21.2 Å². The molecule has 0 radical (unpaired) electrons. The molecule has 0 bridgehead atoms. The SMILES string of the molecule is C[C@@H](OCC1CNC1)c1nnc([C@H]2C[C@H](NC(=O)c3ccno3)C2)o1. The maximum Gasteiger partial charge on any atom is 0.290 e. The molecule has 1 aliphatic heterocycles. The minimum atomic E-state index is -0.250. The van der Waals surface area contributed by atoms with Crippen LogP contribution < -0.4 is 10.6 Å². The Labute approximate surface area is 144 Å². The van der Waals surface area contributed by atoms with E-state index < -0.39 is 0 Å². The van der Waals surface area contributed by atoms with Gasteiger partial charge >= 0.3 is 0 Å². The van der Waals surface area contributed by atoms with Crippen molar-refractivity contribution in [3.63, 3.8) is 0 Å². The summed E-state index contributed by atoms with van der Waals surface area (Å²) in [4.78, 5) is 11.9. The molecule has 9 heteroatoms. The quantitative estimate of drug-likeness (QED) is 0.763. The van der Waals surface area contributed by atoms with Gasteiger partial charge in [0.2, 0.25) is 17.5 Å². The molecule has 1 saturated heterocycles. The molecule has 4 rings (SSSR count). The molecule has 2 aliphatic rings. The Hall–Kier alpha value is -2.26. The molecule has 25 heavy (non-hydrogen) atoms. The van der Waals surface area contributed by atoms with E-state index in [1.165, 1.54) is 12.3 Å². The Balaban J connectivity index is 1.24. The maximum atomic E-state index is 11.9. The number of rotatable bonds is 7. The zero-order valence-corrected chi connectivity index (χ0v) is 14.0. The van der Waals surface area contributed by atoms with Gasteiger partial charge in [-0.25, -0.2) is 0 Å². The van der Waals surface area contributed by atoms with Crippen molar-refractivity contribution < 1.29 is 18.5 Å². The standard InChI is InChI=1S/C16H21N5O4/c1-9(23-8-10-6-17-7-10)15-20-21-16(24-15)11-4-12(5-11)19-14(22)13-2-3-18-25-13/h2-3,9-12,17H,4-8H2,1H3,(H,19,22)/t9-,11-,12-/m1/s1. The van der Waals surface area contributed by atoms with Gasteiger partial charge in [-0.1, -0.05) is 5.16 Å². The number of hydrogen-bond acceptors (Lipinski definition) is 8. The third-order valence-corrected chi connectivity index (χ3v) is 4.74. The maximum absolute atomic E-state index is 11.9. The van der Waals surface area contributed by atoms with Crippen molar-refractivity contribution in [2.24, 2.45) is 5.92 Å². The van der Waals surface area contributed by atoms with Gasteiger partial charge < -0.3 is 24.3 Å². The first kappa shape index (κ1) is 16.2. The van der Waals surface area contributed by atoms with Gasteiger partial charge in [-0.15, -0.1) is 10.2 Å². The van der Waals surface area contributed by atoms with E-state index in [9.17, 15) is 4.79 Å². The first-order valence-corrected chi connectivity index (χ1v) is 8.56. The van der Waals surface area contributed by atoms with Crippen LogP contribution in [-0.4, -0.2) is 47.0 Å². The van der Waals surface area contributed by atoms with Gasteiger partial charge in [-0.05, 0) is 19.8 Å². The molecule has 1 aliphatic carbocycles. The molecule has 1 saturated carbocycles. The lowest BCUT2D eigenvalue weighted by Gasteiger charge is -2.33. The first-order valence-electron chi connectivity index (χ1n) is 8.56. The number of ether oxygens (including phenoxy) is 1. The van der Waals surface area contributed by atoms with Crippen LogP contribution in [0.4, 0.5) is 0 Å². The smallest absolute Gasteiger partial charge is 0.290 e. The van der Waals surface area contributed by atoms with E-state index >= 15 is 0 Å². The van der Waals surface area contributed by atoms with Gasteiger partial charge in [0.1, 0.15) is 6.10 Å². The average molecular weight is 347 g/mol. The van der Waals surface area contributed by atoms with Crippen molar-refractivity contribution in [3.8, 4) is 0 Å². The number of aromatic nitrogens is 3. The highest BCUT2D eigenvalue weighted by molar-refractivity contribution is 5.91. The van der Waals surface area contributed by atoms with E-state index in [0.717, 1.165) is 25.9 Å². The van der Waals surface area contributed by atoms with Gasteiger partial charge in [0.25, 0.3) is 5.91 Å². The van der Waals surface area contributed by atoms with E-state index in [1.807, 2.05) is 6.92 Å². The molecule has 1 atom stereocenters. The molecule has 0 unspecified atom stereocenters. The molecule has 0 aromatic carbocycles. The molecule has 0 spiro atoms. The lowest BCUT2D eigenvalue weighted by atomic mass is 9.80. The van der Waals surface area contributed by atoms with Crippen LogP contribution in [0.2, 0.25) is 0 Å². The Morgan fingerprint density at radius 3 is 2.96 bits per heavy atom. The summed E-state index contributed by atoms with van der Waals surface area (Å²) in [5.41, 5.74) is 0. The van der Waals surface area contributed by atoms with Crippen LogP contribution in [0.1, 0.15) is 54.1 Å². The summed E-state index contributed by atoms with van der Waals surface area (Å²) in [5.74, 6) is 1.84. The van der Waals surface area contributed by atoms with Gasteiger partial charge in [-0.2, -0.15) is 0 Å². The first-order chi connectivity index (χ1) is 12.2. The van der Waals surface area contributed by atoms with E-state index in [1.54, 1.807) is 0 Å². The third kappa shape index (κ3) is 3.57. The number of carbonyl (C=O) groups is 1. The van der Waals surface area contributed by atoms with Crippen molar-refractivity contribution in [1.29, 1.82) is 0 Å². The van der Waals surface area contributed by atoms with Gasteiger partial charge in [0.15, 0.2) is 0 Å². The highest BCUT2D eigenvalue weighted by Gasteiger charge is 2.36. The Bertz CT molecular complexity index is 706. The molecule has 2 aromatic heterocycles. The number of carbonyl (C=O) groups excluding carboxylic acids is 1. The Kier molecular flexibility index (Phi) is 4.50. The number of hydrogen-bond donors (Lipinski definition) is 2. The van der Waals surface area contributed by atoms with Gasteiger partial charge in [0, 0.05) is 37.0 Å². The molecule has 134 valence electrons. The topological polar surface area (TPSA) is 115 Å². The van der Waals surface area contributed by atoms with Crippen LogP contribution in [0, 0.1) is 5.92 Å². The molecule has 9 nitrogen and oxygen atoms in total. The third-order valence-electron chi connectivity index (χ3n) is 4.74. The second kappa shape index (κ2) is 6.93. The van der Waals surface area contributed by atoms with Crippen molar-refractivity contribution in [3.05, 3.63) is 29.8 Å². The van der Waals surface area contributed by atoms with Crippen molar-refractivity contribution >= 4 is 5.91 Å². The normalized spacial score (nSPS) is 24.4. The fourth-order valence-electron chi connectivity index (χ4n) is 2.92. The molecular formula is C16H21N5O4. The fraction of sp³-hybridized carbons (Fsp3) is 0.625. The van der Waals surface area contributed by atoms with Crippen molar-refractivity contribution in [2.75, 3.05) is 19.7 Å². The number of nitrogens with zero attached hydrogens (tertiary/aromatic N) is 3. The highest BCUT2D eigenvalue weighted by atomic mass is 16.5. The van der Waals surface area contributed by atoms with Crippen LogP contribution in [-0.2, 0) is 4.74 Å². The fourth-order valence-corrected chi connectivity index (χ4v) is 2.92. The van der Waals surface area contributed by atoms with E-state index in [4.69, 9.17) is 13.7 Å². The van der Waals surface area contributed by atoms with E-state index in [0.29, 0.717) is 24.3 Å². The summed E-state index contributed by atoms with van der Waals surface area (Å²) >= 11 is 0. The van der Waals surface area contributed by atoms with Gasteiger partial charge in [-0.3, -0.25) is 4.79 Å². The Morgan fingerprint density at radius 2 is 2.28 bits per heavy atom. The molecule has 2 aromatic rings. The summed E-state index contributed by atoms with van der Waals surface area (Å²) in [6.45, 7) is 4.63. The van der Waals surface area contributed by atoms with Gasteiger partial charge in [0.05, 0.1) is 12.8 Å². The van der Waals surface area contributed by atoms with Crippen LogP contribution in [0.25, 0.3) is 0 Å². The van der Waals surface area contributed by atoms with Crippen molar-refractivity contribution in [1.82, 2.24) is 26.0 Å². The predicted octanol–water partition coefficient (Wildman–Crippen LogP) is 1.03. The summed E-state index contributed by atoms with van der Waals surface area (Å²) in [6, 6.07) is 1.62. The van der Waals surface area contributed by atoms with Crippen LogP contribution >= 0.6 is 0 Å². The molecule has 2 fully saturated rings.